The maximum atomic E-state index is 11.7. The molecule has 0 atom stereocenters. The molecule has 29 heavy (non-hydrogen) atoms. The van der Waals surface area contributed by atoms with E-state index in [0.29, 0.717) is 13.1 Å². The topological polar surface area (TPSA) is 99.0 Å². The van der Waals surface area contributed by atoms with Crippen LogP contribution in [0.4, 0.5) is 0 Å². The van der Waals surface area contributed by atoms with E-state index in [1.165, 1.54) is 9.75 Å². The van der Waals surface area contributed by atoms with E-state index in [1.807, 2.05) is 23.5 Å². The summed E-state index contributed by atoms with van der Waals surface area (Å²) >= 11 is 3.63. The van der Waals surface area contributed by atoms with Gasteiger partial charge in [0.1, 0.15) is 0 Å². The van der Waals surface area contributed by atoms with Gasteiger partial charge >= 0.3 is 10.2 Å². The van der Waals surface area contributed by atoms with Crippen molar-refractivity contribution in [2.24, 2.45) is 8.80 Å². The van der Waals surface area contributed by atoms with Gasteiger partial charge in [0.15, 0.2) is 11.7 Å². The summed E-state index contributed by atoms with van der Waals surface area (Å²) < 4.78 is 30.9. The Kier molecular flexibility index (Phi) is 7.64. The fraction of sp³-hybridized carbons (Fsp3) is 0.389. The second-order valence-corrected chi connectivity index (χ2v) is 10.2. The number of nitrogens with one attached hydrogen (secondary N) is 2. The molecular weight excluding hydrogens is 428 g/mol. The highest BCUT2D eigenvalue weighted by atomic mass is 32.2. The fourth-order valence-corrected chi connectivity index (χ4v) is 5.48. The summed E-state index contributed by atoms with van der Waals surface area (Å²) in [5.41, 5.74) is 0.978. The average molecular weight is 453 g/mol. The molecule has 1 aliphatic rings. The normalized spacial score (nSPS) is 15.3. The van der Waals surface area contributed by atoms with Gasteiger partial charge in [-0.25, -0.2) is 0 Å². The number of hydrogen-bond donors (Lipinski definition) is 2. The minimum Gasteiger partial charge on any atom is -0.365 e. The zero-order valence-electron chi connectivity index (χ0n) is 16.3. The van der Waals surface area contributed by atoms with Crippen LogP contribution in [0.5, 0.6) is 0 Å². The summed E-state index contributed by atoms with van der Waals surface area (Å²) in [4.78, 5) is 8.82. The van der Waals surface area contributed by atoms with E-state index in [2.05, 4.69) is 55.5 Å². The molecule has 0 bridgehead atoms. The number of amidine groups is 2. The Balaban J connectivity index is 1.43. The van der Waals surface area contributed by atoms with E-state index in [9.17, 15) is 8.42 Å². The number of thioether (sulfide) groups is 1. The lowest BCUT2D eigenvalue weighted by Crippen LogP contribution is -2.39. The van der Waals surface area contributed by atoms with Crippen molar-refractivity contribution in [2.45, 2.75) is 18.8 Å². The average Bonchev–Trinajstić information content (AvgIpc) is 3.23. The number of aromatic nitrogens is 1. The molecule has 3 heterocycles. The summed E-state index contributed by atoms with van der Waals surface area (Å²) in [7, 11) is 0.317. The Morgan fingerprint density at radius 1 is 1.03 bits per heavy atom. The van der Waals surface area contributed by atoms with Crippen molar-refractivity contribution in [1.82, 2.24) is 20.5 Å². The molecule has 2 N–H and O–H groups in total. The first kappa shape index (κ1) is 21.8. The molecular formula is C18H24N6O2S3. The predicted molar refractivity (Wildman–Crippen MR) is 121 cm³/mol. The third kappa shape index (κ3) is 7.11. The van der Waals surface area contributed by atoms with Crippen LogP contribution in [0, 0.1) is 0 Å². The van der Waals surface area contributed by atoms with Crippen LogP contribution in [-0.4, -0.2) is 56.4 Å². The molecule has 2 aromatic rings. The Hall–Kier alpha value is -1.95. The molecule has 0 aliphatic carbocycles. The highest BCUT2D eigenvalue weighted by Gasteiger charge is 2.23. The van der Waals surface area contributed by atoms with Gasteiger partial charge in [-0.1, -0.05) is 0 Å². The van der Waals surface area contributed by atoms with Gasteiger partial charge in [-0.15, -0.1) is 20.1 Å². The molecule has 0 spiro atoms. The molecule has 0 radical (unpaired) electrons. The second kappa shape index (κ2) is 10.2. The van der Waals surface area contributed by atoms with Gasteiger partial charge in [-0.2, -0.15) is 20.2 Å². The maximum absolute atomic E-state index is 11.7. The van der Waals surface area contributed by atoms with Crippen LogP contribution in [0.2, 0.25) is 0 Å². The molecule has 0 saturated heterocycles. The molecule has 0 aromatic carbocycles. The summed E-state index contributed by atoms with van der Waals surface area (Å²) in [6.07, 6.45) is 3.37. The first-order chi connectivity index (χ1) is 13.9. The van der Waals surface area contributed by atoms with E-state index in [0.717, 1.165) is 23.6 Å². The highest BCUT2D eigenvalue weighted by Crippen LogP contribution is 2.22. The first-order valence-corrected chi connectivity index (χ1v) is 12.4. The SMILES string of the molecule is CN(C)Cc1ccc(CSCCNC2=NS(=O)(=O)N=C2NCc2ccncc2)s1. The van der Waals surface area contributed by atoms with E-state index in [-0.39, 0.29) is 11.7 Å². The van der Waals surface area contributed by atoms with Crippen molar-refractivity contribution < 1.29 is 8.42 Å². The molecule has 11 heteroatoms. The van der Waals surface area contributed by atoms with Crippen LogP contribution in [0.3, 0.4) is 0 Å². The summed E-state index contributed by atoms with van der Waals surface area (Å²) in [5.74, 6) is 2.28. The third-order valence-electron chi connectivity index (χ3n) is 3.82. The molecule has 8 nitrogen and oxygen atoms in total. The first-order valence-electron chi connectivity index (χ1n) is 9.03. The Bertz CT molecular complexity index is 970. The van der Waals surface area contributed by atoms with Crippen molar-refractivity contribution in [3.05, 3.63) is 52.0 Å². The van der Waals surface area contributed by atoms with Gasteiger partial charge in [0.25, 0.3) is 0 Å². The quantitative estimate of drug-likeness (QED) is 0.561. The van der Waals surface area contributed by atoms with Gasteiger partial charge in [-0.05, 0) is 43.9 Å². The predicted octanol–water partition coefficient (Wildman–Crippen LogP) is 1.87. The largest absolute Gasteiger partial charge is 0.367 e. The monoisotopic (exact) mass is 452 g/mol. The van der Waals surface area contributed by atoms with E-state index in [1.54, 1.807) is 24.2 Å². The van der Waals surface area contributed by atoms with Gasteiger partial charge in [0.2, 0.25) is 0 Å². The minimum absolute atomic E-state index is 0.249. The Morgan fingerprint density at radius 2 is 1.72 bits per heavy atom. The Morgan fingerprint density at radius 3 is 2.45 bits per heavy atom. The third-order valence-corrected chi connectivity index (χ3v) is 6.91. The smallest absolute Gasteiger partial charge is 0.365 e. The summed E-state index contributed by atoms with van der Waals surface area (Å²) in [5, 5.41) is 6.11. The molecule has 0 amide bonds. The number of thiophene rings is 1. The van der Waals surface area contributed by atoms with Crippen LogP contribution in [0.15, 0.2) is 45.5 Å². The van der Waals surface area contributed by atoms with Crippen LogP contribution in [0.1, 0.15) is 15.3 Å². The van der Waals surface area contributed by atoms with E-state index < -0.39 is 10.2 Å². The Labute approximate surface area is 179 Å². The molecule has 156 valence electrons. The lowest BCUT2D eigenvalue weighted by Gasteiger charge is -2.09. The van der Waals surface area contributed by atoms with E-state index >= 15 is 0 Å². The zero-order chi connectivity index (χ0) is 20.7. The van der Waals surface area contributed by atoms with Crippen LogP contribution < -0.4 is 10.6 Å². The fourth-order valence-electron chi connectivity index (χ4n) is 2.57. The van der Waals surface area contributed by atoms with Crippen LogP contribution in [0.25, 0.3) is 0 Å². The van der Waals surface area contributed by atoms with Gasteiger partial charge in [0.05, 0.1) is 0 Å². The number of nitrogens with zero attached hydrogens (tertiary/aromatic N) is 4. The zero-order valence-corrected chi connectivity index (χ0v) is 18.8. The number of rotatable bonds is 9. The van der Waals surface area contributed by atoms with Crippen molar-refractivity contribution in [3.63, 3.8) is 0 Å². The van der Waals surface area contributed by atoms with Crippen LogP contribution in [-0.2, 0) is 29.1 Å². The van der Waals surface area contributed by atoms with Gasteiger partial charge in [0, 0.05) is 53.3 Å². The van der Waals surface area contributed by atoms with Crippen molar-refractivity contribution in [3.8, 4) is 0 Å². The van der Waals surface area contributed by atoms with Crippen molar-refractivity contribution in [1.29, 1.82) is 0 Å². The lowest BCUT2D eigenvalue weighted by molar-refractivity contribution is 0.406. The molecule has 0 fully saturated rings. The number of hydrogen-bond acceptors (Lipinski definition) is 8. The standard InChI is InChI=1S/C18H24N6O2S3/c1-24(2)12-15-3-4-16(28-15)13-27-10-9-20-17-18(23-29(25,26)22-17)21-11-14-5-7-19-8-6-14/h3-8H,9-13H2,1-2H3,(H,20,22)(H,21,23). The van der Waals surface area contributed by atoms with E-state index in [4.69, 9.17) is 0 Å². The molecule has 2 aromatic heterocycles. The second-order valence-electron chi connectivity index (χ2n) is 6.62. The maximum Gasteiger partial charge on any atom is 0.367 e. The minimum atomic E-state index is -3.81. The van der Waals surface area contributed by atoms with Crippen LogP contribution >= 0.6 is 23.1 Å². The lowest BCUT2D eigenvalue weighted by atomic mass is 10.2. The summed E-state index contributed by atoms with van der Waals surface area (Å²) in [6.45, 7) is 2.00. The van der Waals surface area contributed by atoms with Crippen molar-refractivity contribution in [2.75, 3.05) is 26.4 Å². The molecule has 0 saturated carbocycles. The van der Waals surface area contributed by atoms with Gasteiger partial charge in [-0.3, -0.25) is 4.98 Å². The highest BCUT2D eigenvalue weighted by molar-refractivity contribution is 7.98. The summed E-state index contributed by atoms with van der Waals surface area (Å²) in [6, 6.07) is 8.05. The molecule has 3 rings (SSSR count). The van der Waals surface area contributed by atoms with Gasteiger partial charge < -0.3 is 15.5 Å². The molecule has 0 unspecified atom stereocenters. The van der Waals surface area contributed by atoms with Crippen molar-refractivity contribution >= 4 is 45.0 Å². The number of pyridine rings is 1. The molecule has 1 aliphatic heterocycles.